The summed E-state index contributed by atoms with van der Waals surface area (Å²) in [5.41, 5.74) is 7.04. The molecule has 0 fully saturated rings. The second-order valence-corrected chi connectivity index (χ2v) is 3.59. The lowest BCUT2D eigenvalue weighted by Crippen LogP contribution is -2.27. The van der Waals surface area contributed by atoms with Crippen molar-refractivity contribution in [3.05, 3.63) is 35.4 Å². The zero-order chi connectivity index (χ0) is 12.5. The molecule has 0 unspecified atom stereocenters. The molecule has 0 saturated carbocycles. The first kappa shape index (κ1) is 13.2. The first-order chi connectivity index (χ1) is 8.27. The van der Waals surface area contributed by atoms with Crippen molar-refractivity contribution in [3.8, 4) is 0 Å². The van der Waals surface area contributed by atoms with Crippen LogP contribution in [0.15, 0.2) is 24.3 Å². The molecule has 17 heavy (non-hydrogen) atoms. The van der Waals surface area contributed by atoms with Gasteiger partial charge in [0.2, 0.25) is 6.41 Å². The molecule has 5 nitrogen and oxygen atoms in total. The minimum atomic E-state index is -0.119. The van der Waals surface area contributed by atoms with Crippen LogP contribution in [0.5, 0.6) is 0 Å². The van der Waals surface area contributed by atoms with Gasteiger partial charge in [-0.25, -0.2) is 0 Å². The fourth-order valence-corrected chi connectivity index (χ4v) is 1.39. The highest BCUT2D eigenvalue weighted by molar-refractivity contribution is 5.94. The minimum absolute atomic E-state index is 0.119. The van der Waals surface area contributed by atoms with Gasteiger partial charge in [-0.3, -0.25) is 9.59 Å². The molecule has 0 aliphatic carbocycles. The molecule has 1 rings (SSSR count). The van der Waals surface area contributed by atoms with Gasteiger partial charge < -0.3 is 16.4 Å². The summed E-state index contributed by atoms with van der Waals surface area (Å²) in [5.74, 6) is -0.119. The number of carbonyl (C=O) groups is 2. The Balaban J connectivity index is 2.38. The summed E-state index contributed by atoms with van der Waals surface area (Å²) in [7, 11) is 0. The van der Waals surface area contributed by atoms with Gasteiger partial charge in [0.1, 0.15) is 0 Å². The second kappa shape index (κ2) is 7.40. The molecule has 0 aliphatic heterocycles. The smallest absolute Gasteiger partial charge is 0.251 e. The number of rotatable bonds is 7. The highest BCUT2D eigenvalue weighted by atomic mass is 16.1. The van der Waals surface area contributed by atoms with Crippen LogP contribution in [0, 0.1) is 0 Å². The molecule has 1 aromatic rings. The Morgan fingerprint density at radius 1 is 1.35 bits per heavy atom. The Bertz CT molecular complexity index is 380. The van der Waals surface area contributed by atoms with Crippen molar-refractivity contribution < 1.29 is 9.59 Å². The monoisotopic (exact) mass is 235 g/mol. The fourth-order valence-electron chi connectivity index (χ4n) is 1.39. The summed E-state index contributed by atoms with van der Waals surface area (Å²) in [4.78, 5) is 21.7. The van der Waals surface area contributed by atoms with Crippen LogP contribution in [0.4, 0.5) is 0 Å². The molecule has 0 aliphatic rings. The lowest BCUT2D eigenvalue weighted by atomic mass is 10.1. The van der Waals surface area contributed by atoms with Crippen molar-refractivity contribution in [2.75, 3.05) is 13.1 Å². The van der Waals surface area contributed by atoms with Crippen molar-refractivity contribution in [1.82, 2.24) is 10.6 Å². The number of carbonyl (C=O) groups excluding carboxylic acids is 2. The van der Waals surface area contributed by atoms with Crippen molar-refractivity contribution >= 4 is 12.3 Å². The van der Waals surface area contributed by atoms with Crippen LogP contribution in [-0.2, 0) is 11.3 Å². The predicted octanol–water partition coefficient (Wildman–Crippen LogP) is 0.0112. The number of nitrogens with one attached hydrogen (secondary N) is 2. The SMILES string of the molecule is NCc1cccc(C(=O)NCCCNC=O)c1. The third-order valence-electron chi connectivity index (χ3n) is 2.29. The zero-order valence-corrected chi connectivity index (χ0v) is 9.61. The summed E-state index contributed by atoms with van der Waals surface area (Å²) in [6, 6.07) is 7.22. The molecular weight excluding hydrogens is 218 g/mol. The van der Waals surface area contributed by atoms with Crippen LogP contribution in [0.25, 0.3) is 0 Å². The number of amides is 2. The fraction of sp³-hybridized carbons (Fsp3) is 0.333. The van der Waals surface area contributed by atoms with Gasteiger partial charge in [-0.2, -0.15) is 0 Å². The standard InChI is InChI=1S/C12H17N3O2/c13-8-10-3-1-4-11(7-10)12(17)15-6-2-5-14-9-16/h1,3-4,7,9H,2,5-6,8,13H2,(H,14,16)(H,15,17). The number of hydrogen-bond acceptors (Lipinski definition) is 3. The topological polar surface area (TPSA) is 84.2 Å². The lowest BCUT2D eigenvalue weighted by molar-refractivity contribution is -0.109. The average molecular weight is 235 g/mol. The third-order valence-corrected chi connectivity index (χ3v) is 2.29. The predicted molar refractivity (Wildman–Crippen MR) is 65.4 cm³/mol. The molecule has 4 N–H and O–H groups in total. The molecule has 5 heteroatoms. The van der Waals surface area contributed by atoms with E-state index in [4.69, 9.17) is 5.73 Å². The van der Waals surface area contributed by atoms with E-state index in [1.165, 1.54) is 0 Å². The normalized spacial score (nSPS) is 9.71. The van der Waals surface area contributed by atoms with E-state index in [2.05, 4.69) is 10.6 Å². The Morgan fingerprint density at radius 2 is 2.18 bits per heavy atom. The quantitative estimate of drug-likeness (QED) is 0.460. The first-order valence-corrected chi connectivity index (χ1v) is 5.52. The Labute approximate surface area is 100 Å². The molecule has 0 heterocycles. The van der Waals surface area contributed by atoms with Crippen LogP contribution in [0.2, 0.25) is 0 Å². The molecule has 0 saturated heterocycles. The van der Waals surface area contributed by atoms with Crippen LogP contribution >= 0.6 is 0 Å². The molecule has 92 valence electrons. The van der Waals surface area contributed by atoms with Crippen LogP contribution in [0.1, 0.15) is 22.3 Å². The number of nitrogens with two attached hydrogens (primary N) is 1. The summed E-state index contributed by atoms with van der Waals surface area (Å²) in [5, 5.41) is 5.31. The molecule has 0 spiro atoms. The van der Waals surface area contributed by atoms with Gasteiger partial charge in [0.25, 0.3) is 5.91 Å². The van der Waals surface area contributed by atoms with Gasteiger partial charge in [-0.05, 0) is 24.1 Å². The van der Waals surface area contributed by atoms with Crippen molar-refractivity contribution in [1.29, 1.82) is 0 Å². The van der Waals surface area contributed by atoms with Gasteiger partial charge in [-0.1, -0.05) is 12.1 Å². The van der Waals surface area contributed by atoms with Crippen molar-refractivity contribution in [2.24, 2.45) is 5.73 Å². The molecule has 0 radical (unpaired) electrons. The summed E-state index contributed by atoms with van der Waals surface area (Å²) in [6.07, 6.45) is 1.35. The molecule has 2 amide bonds. The summed E-state index contributed by atoms with van der Waals surface area (Å²) >= 11 is 0. The van der Waals surface area contributed by atoms with Crippen LogP contribution in [-0.4, -0.2) is 25.4 Å². The summed E-state index contributed by atoms with van der Waals surface area (Å²) in [6.45, 7) is 1.52. The highest BCUT2D eigenvalue weighted by Crippen LogP contribution is 2.04. The molecule has 0 aromatic heterocycles. The maximum absolute atomic E-state index is 11.7. The van der Waals surface area contributed by atoms with E-state index in [1.807, 2.05) is 12.1 Å². The van der Waals surface area contributed by atoms with Gasteiger partial charge in [-0.15, -0.1) is 0 Å². The van der Waals surface area contributed by atoms with Crippen molar-refractivity contribution in [2.45, 2.75) is 13.0 Å². The van der Waals surface area contributed by atoms with Gasteiger partial charge in [0.05, 0.1) is 0 Å². The maximum atomic E-state index is 11.7. The number of hydrogen-bond donors (Lipinski definition) is 3. The van der Waals surface area contributed by atoms with Gasteiger partial charge in [0.15, 0.2) is 0 Å². The molecule has 1 aromatic carbocycles. The lowest BCUT2D eigenvalue weighted by Gasteiger charge is -2.06. The van der Waals surface area contributed by atoms with E-state index in [1.54, 1.807) is 12.1 Å². The zero-order valence-electron chi connectivity index (χ0n) is 9.61. The maximum Gasteiger partial charge on any atom is 0.251 e. The first-order valence-electron chi connectivity index (χ1n) is 5.52. The second-order valence-electron chi connectivity index (χ2n) is 3.59. The van der Waals surface area contributed by atoms with Gasteiger partial charge in [0, 0.05) is 25.2 Å². The van der Waals surface area contributed by atoms with Gasteiger partial charge >= 0.3 is 0 Å². The molecule has 0 bridgehead atoms. The molecular formula is C12H17N3O2. The Morgan fingerprint density at radius 3 is 2.88 bits per heavy atom. The van der Waals surface area contributed by atoms with E-state index < -0.39 is 0 Å². The largest absolute Gasteiger partial charge is 0.359 e. The van der Waals surface area contributed by atoms with Crippen LogP contribution < -0.4 is 16.4 Å². The van der Waals surface area contributed by atoms with E-state index >= 15 is 0 Å². The molecule has 0 atom stereocenters. The van der Waals surface area contributed by atoms with E-state index in [0.29, 0.717) is 38.0 Å². The third kappa shape index (κ3) is 4.65. The highest BCUT2D eigenvalue weighted by Gasteiger charge is 2.04. The number of benzene rings is 1. The average Bonchev–Trinajstić information content (AvgIpc) is 2.38. The Hall–Kier alpha value is -1.88. The van der Waals surface area contributed by atoms with Crippen molar-refractivity contribution in [3.63, 3.8) is 0 Å². The van der Waals surface area contributed by atoms with E-state index in [0.717, 1.165) is 5.56 Å². The summed E-state index contributed by atoms with van der Waals surface area (Å²) < 4.78 is 0. The minimum Gasteiger partial charge on any atom is -0.359 e. The van der Waals surface area contributed by atoms with E-state index in [-0.39, 0.29) is 5.91 Å². The van der Waals surface area contributed by atoms with E-state index in [9.17, 15) is 9.59 Å². The Kier molecular flexibility index (Phi) is 5.74. The van der Waals surface area contributed by atoms with Crippen LogP contribution in [0.3, 0.4) is 0 Å².